The summed E-state index contributed by atoms with van der Waals surface area (Å²) in [5.41, 5.74) is 0.915. The van der Waals surface area contributed by atoms with Gasteiger partial charge < -0.3 is 19.5 Å². The number of rotatable bonds is 11. The number of nitrogens with zero attached hydrogens (tertiary/aromatic N) is 4. The van der Waals surface area contributed by atoms with E-state index < -0.39 is 29.4 Å². The summed E-state index contributed by atoms with van der Waals surface area (Å²) in [6.45, 7) is 3.56. The van der Waals surface area contributed by atoms with E-state index in [1.807, 2.05) is 6.07 Å². The minimum atomic E-state index is -0.722. The molecule has 1 amide bonds. The zero-order valence-corrected chi connectivity index (χ0v) is 26.1. The molecule has 11 nitrogen and oxygen atoms in total. The molecule has 0 saturated carbocycles. The number of para-hydroxylation sites is 1. The summed E-state index contributed by atoms with van der Waals surface area (Å²) in [5, 5.41) is 3.30. The van der Waals surface area contributed by atoms with Crippen molar-refractivity contribution in [3.8, 4) is 22.9 Å². The highest BCUT2D eigenvalue weighted by Crippen LogP contribution is 2.33. The molecule has 0 aliphatic rings. The monoisotopic (exact) mass is 627 g/mol. The fourth-order valence-corrected chi connectivity index (χ4v) is 5.05. The van der Waals surface area contributed by atoms with Crippen LogP contribution >= 0.6 is 0 Å². The third kappa shape index (κ3) is 6.92. The Bertz CT molecular complexity index is 1950. The number of pyridine rings is 1. The number of halogens is 1. The zero-order valence-electron chi connectivity index (χ0n) is 26.1. The number of methoxy groups -OCH3 is 1. The van der Waals surface area contributed by atoms with E-state index >= 15 is 4.39 Å². The first-order valence-electron chi connectivity index (χ1n) is 14.5. The van der Waals surface area contributed by atoms with Gasteiger partial charge in [-0.1, -0.05) is 18.2 Å². The van der Waals surface area contributed by atoms with E-state index in [1.165, 1.54) is 16.8 Å². The molecule has 12 heteroatoms. The molecule has 0 unspecified atom stereocenters. The molecule has 5 aromatic rings. The van der Waals surface area contributed by atoms with Crippen LogP contribution < -0.4 is 20.3 Å². The molecule has 3 aromatic carbocycles. The normalized spacial score (nSPS) is 11.8. The molecule has 5 rings (SSSR count). The van der Waals surface area contributed by atoms with Crippen LogP contribution in [0.15, 0.2) is 83.8 Å². The highest BCUT2D eigenvalue weighted by atomic mass is 19.1. The average molecular weight is 628 g/mol. The number of fused-ring (bicyclic) bond motifs is 1. The maximum atomic E-state index is 15.3. The lowest BCUT2D eigenvalue weighted by atomic mass is 10.2. The van der Waals surface area contributed by atoms with Crippen LogP contribution in [-0.4, -0.2) is 65.0 Å². The van der Waals surface area contributed by atoms with Gasteiger partial charge in [0.15, 0.2) is 11.6 Å². The highest BCUT2D eigenvalue weighted by Gasteiger charge is 2.26. The van der Waals surface area contributed by atoms with E-state index in [4.69, 9.17) is 14.2 Å². The largest absolute Gasteiger partial charge is 0.497 e. The minimum Gasteiger partial charge on any atom is -0.497 e. The Morgan fingerprint density at radius 2 is 1.78 bits per heavy atom. The molecule has 0 fully saturated rings. The molecular weight excluding hydrogens is 593 g/mol. The van der Waals surface area contributed by atoms with Crippen LogP contribution in [0.4, 0.5) is 10.1 Å². The molecule has 0 bridgehead atoms. The Labute approximate surface area is 264 Å². The van der Waals surface area contributed by atoms with E-state index in [2.05, 4.69) is 10.3 Å². The van der Waals surface area contributed by atoms with Gasteiger partial charge in [0, 0.05) is 29.4 Å². The molecule has 0 aliphatic carbocycles. The van der Waals surface area contributed by atoms with Gasteiger partial charge in [0.1, 0.15) is 23.2 Å². The third-order valence-electron chi connectivity index (χ3n) is 7.15. The first-order valence-corrected chi connectivity index (χ1v) is 14.5. The molecule has 2 aromatic heterocycles. The topological polar surface area (TPSA) is 117 Å². The predicted molar refractivity (Wildman–Crippen MR) is 172 cm³/mol. The fraction of sp³-hybridized carbons (Fsp3) is 0.235. The molecule has 0 aliphatic heterocycles. The van der Waals surface area contributed by atoms with Crippen molar-refractivity contribution in [2.75, 3.05) is 33.1 Å². The van der Waals surface area contributed by atoms with Gasteiger partial charge >= 0.3 is 5.97 Å². The highest BCUT2D eigenvalue weighted by molar-refractivity contribution is 6.05. The standard InChI is InChI=1S/C34H34FN5O6/c1-21(45-31(41)20-38(3)4)19-39-22(2)32(34(43)40(39)24-9-7-6-8-10-24)33(42)37-23-11-14-30(27(35)17-23)46-29-15-16-36-28-18-25(44-5)12-13-26(28)29/h6-18,21H,19-20H2,1-5H3,(H,37,42)/t21-/m1/s1. The van der Waals surface area contributed by atoms with Gasteiger partial charge in [-0.15, -0.1) is 0 Å². The summed E-state index contributed by atoms with van der Waals surface area (Å²) in [6.07, 6.45) is 0.944. The molecule has 2 heterocycles. The number of benzene rings is 3. The summed E-state index contributed by atoms with van der Waals surface area (Å²) >= 11 is 0. The number of amides is 1. The number of hydrogen-bond acceptors (Lipinski definition) is 8. The van der Waals surface area contributed by atoms with Crippen molar-refractivity contribution in [3.05, 3.63) is 106 Å². The fourth-order valence-electron chi connectivity index (χ4n) is 5.05. The minimum absolute atomic E-state index is 0.0621. The first kappa shape index (κ1) is 31.9. The summed E-state index contributed by atoms with van der Waals surface area (Å²) in [4.78, 5) is 45.5. The second-order valence-corrected chi connectivity index (χ2v) is 10.9. The summed E-state index contributed by atoms with van der Waals surface area (Å²) in [6, 6.07) is 19.7. The molecule has 238 valence electrons. The number of hydrogen-bond donors (Lipinski definition) is 1. The lowest BCUT2D eigenvalue weighted by Gasteiger charge is -2.19. The van der Waals surface area contributed by atoms with Crippen molar-refractivity contribution in [2.45, 2.75) is 26.5 Å². The zero-order chi connectivity index (χ0) is 33.0. The van der Waals surface area contributed by atoms with Gasteiger partial charge in [-0.2, -0.15) is 0 Å². The van der Waals surface area contributed by atoms with Gasteiger partial charge in [-0.3, -0.25) is 28.9 Å². The second-order valence-electron chi connectivity index (χ2n) is 10.9. The first-order chi connectivity index (χ1) is 22.0. The maximum Gasteiger partial charge on any atom is 0.320 e. The Hall–Kier alpha value is -5.49. The second kappa shape index (κ2) is 13.7. The average Bonchev–Trinajstić information content (AvgIpc) is 3.26. The van der Waals surface area contributed by atoms with Crippen molar-refractivity contribution in [3.63, 3.8) is 0 Å². The Morgan fingerprint density at radius 3 is 2.48 bits per heavy atom. The molecule has 0 saturated heterocycles. The van der Waals surface area contributed by atoms with Crippen molar-refractivity contribution in [2.24, 2.45) is 0 Å². The number of ether oxygens (including phenoxy) is 3. The number of carbonyl (C=O) groups excluding carboxylic acids is 2. The Kier molecular flexibility index (Phi) is 9.47. The molecule has 0 spiro atoms. The van der Waals surface area contributed by atoms with Crippen LogP contribution in [0.5, 0.6) is 17.2 Å². The molecule has 0 radical (unpaired) electrons. The van der Waals surface area contributed by atoms with Crippen LogP contribution in [-0.2, 0) is 16.1 Å². The van der Waals surface area contributed by atoms with E-state index in [0.717, 1.165) is 6.07 Å². The van der Waals surface area contributed by atoms with Gasteiger partial charge in [0.05, 0.1) is 37.1 Å². The molecular formula is C34H34FN5O6. The van der Waals surface area contributed by atoms with Crippen molar-refractivity contribution in [1.82, 2.24) is 19.2 Å². The lowest BCUT2D eigenvalue weighted by Crippen LogP contribution is -2.31. The van der Waals surface area contributed by atoms with E-state index in [-0.39, 0.29) is 30.1 Å². The SMILES string of the molecule is COc1ccc2c(Oc3ccc(NC(=O)c4c(C)n(C[C@@H](C)OC(=O)CN(C)C)n(-c5ccccc5)c4=O)cc3F)ccnc2c1. The van der Waals surface area contributed by atoms with Crippen LogP contribution in [0, 0.1) is 12.7 Å². The summed E-state index contributed by atoms with van der Waals surface area (Å²) in [7, 11) is 5.07. The Balaban J connectivity index is 1.40. The number of anilines is 1. The van der Waals surface area contributed by atoms with Gasteiger partial charge in [-0.25, -0.2) is 9.07 Å². The number of likely N-dealkylation sites (N-methyl/N-ethyl adjacent to an activating group) is 1. The van der Waals surface area contributed by atoms with E-state index in [1.54, 1.807) is 99.4 Å². The van der Waals surface area contributed by atoms with Crippen LogP contribution in [0.25, 0.3) is 16.6 Å². The van der Waals surface area contributed by atoms with Crippen LogP contribution in [0.2, 0.25) is 0 Å². The van der Waals surface area contributed by atoms with Crippen molar-refractivity contribution < 1.29 is 28.2 Å². The molecule has 1 atom stereocenters. The van der Waals surface area contributed by atoms with Crippen molar-refractivity contribution >= 4 is 28.5 Å². The van der Waals surface area contributed by atoms with Crippen LogP contribution in [0.3, 0.4) is 0 Å². The summed E-state index contributed by atoms with van der Waals surface area (Å²) < 4.78 is 34.9. The smallest absolute Gasteiger partial charge is 0.320 e. The summed E-state index contributed by atoms with van der Waals surface area (Å²) in [5.74, 6) is -0.898. The number of esters is 1. The number of aromatic nitrogens is 3. The number of carbonyl (C=O) groups is 2. The third-order valence-corrected chi connectivity index (χ3v) is 7.15. The van der Waals surface area contributed by atoms with E-state index in [0.29, 0.717) is 33.8 Å². The quantitative estimate of drug-likeness (QED) is 0.199. The van der Waals surface area contributed by atoms with Crippen LogP contribution in [0.1, 0.15) is 23.0 Å². The van der Waals surface area contributed by atoms with Gasteiger partial charge in [0.25, 0.3) is 11.5 Å². The van der Waals surface area contributed by atoms with E-state index in [9.17, 15) is 14.4 Å². The molecule has 1 N–H and O–H groups in total. The van der Waals surface area contributed by atoms with Gasteiger partial charge in [0.2, 0.25) is 0 Å². The molecule has 46 heavy (non-hydrogen) atoms. The lowest BCUT2D eigenvalue weighted by molar-refractivity contribution is -0.149. The van der Waals surface area contributed by atoms with Crippen molar-refractivity contribution in [1.29, 1.82) is 0 Å². The van der Waals surface area contributed by atoms with Gasteiger partial charge in [-0.05, 0) is 70.4 Å². The predicted octanol–water partition coefficient (Wildman–Crippen LogP) is 5.18. The number of nitrogens with one attached hydrogen (secondary N) is 1. The maximum absolute atomic E-state index is 15.3. The Morgan fingerprint density at radius 1 is 1.02 bits per heavy atom.